The second-order valence-corrected chi connectivity index (χ2v) is 14.5. The zero-order valence-electron chi connectivity index (χ0n) is 31.4. The second kappa shape index (κ2) is 14.0. The lowest BCUT2D eigenvalue weighted by Crippen LogP contribution is -1.98. The molecule has 0 N–H and O–H groups in total. The van der Waals surface area contributed by atoms with Crippen LogP contribution in [0, 0.1) is 0 Å². The van der Waals surface area contributed by atoms with E-state index in [1.54, 1.807) is 0 Å². The van der Waals surface area contributed by atoms with Crippen molar-refractivity contribution in [1.82, 2.24) is 24.1 Å². The number of nitrogens with zero attached hydrogens (tertiary/aromatic N) is 5. The molecule has 58 heavy (non-hydrogen) atoms. The number of hydrogen-bond acceptors (Lipinski definition) is 3. The molecule has 0 unspecified atom stereocenters. The summed E-state index contributed by atoms with van der Waals surface area (Å²) in [5.74, 6) is 0.830. The SMILES string of the molecule is c1ccc(-c2cc(-c3ccc(-c4nc5c(-c6cccc(-n7c8ccccc8c8ccccc87)c6)ccnc5n4-c4ccccc4)cc3)cc(-c3ccccc3)n2)cc1. The Morgan fingerprint density at radius 3 is 1.52 bits per heavy atom. The largest absolute Gasteiger partial charge is 0.309 e. The third-order valence-electron chi connectivity index (χ3n) is 11.0. The van der Waals surface area contributed by atoms with E-state index < -0.39 is 0 Å². The molecule has 0 fully saturated rings. The quantitative estimate of drug-likeness (QED) is 0.163. The summed E-state index contributed by atoms with van der Waals surface area (Å²) in [5, 5.41) is 2.48. The van der Waals surface area contributed by atoms with Crippen LogP contribution in [-0.4, -0.2) is 24.1 Å². The molecule has 4 aromatic heterocycles. The summed E-state index contributed by atoms with van der Waals surface area (Å²) in [6.07, 6.45) is 1.90. The fourth-order valence-electron chi connectivity index (χ4n) is 8.26. The molecule has 11 aromatic rings. The molecule has 272 valence electrons. The number of benzene rings is 7. The summed E-state index contributed by atoms with van der Waals surface area (Å²) in [5.41, 5.74) is 15.4. The summed E-state index contributed by atoms with van der Waals surface area (Å²) in [6.45, 7) is 0. The lowest BCUT2D eigenvalue weighted by molar-refractivity contribution is 1.08. The first kappa shape index (κ1) is 33.4. The van der Waals surface area contributed by atoms with E-state index in [9.17, 15) is 0 Å². The van der Waals surface area contributed by atoms with Crippen LogP contribution in [-0.2, 0) is 0 Å². The normalized spacial score (nSPS) is 11.4. The Hall–Kier alpha value is -7.89. The van der Waals surface area contributed by atoms with Gasteiger partial charge in [-0.15, -0.1) is 0 Å². The van der Waals surface area contributed by atoms with Crippen molar-refractivity contribution in [2.75, 3.05) is 0 Å². The van der Waals surface area contributed by atoms with Gasteiger partial charge in [0.2, 0.25) is 0 Å². The monoisotopic (exact) mass is 741 g/mol. The van der Waals surface area contributed by atoms with Crippen LogP contribution in [0.1, 0.15) is 0 Å². The number of pyridine rings is 2. The average molecular weight is 742 g/mol. The van der Waals surface area contributed by atoms with E-state index >= 15 is 0 Å². The number of fused-ring (bicyclic) bond motifs is 4. The fraction of sp³-hybridized carbons (Fsp3) is 0. The third kappa shape index (κ3) is 5.76. The van der Waals surface area contributed by atoms with E-state index in [0.29, 0.717) is 0 Å². The minimum absolute atomic E-state index is 0.805. The smallest absolute Gasteiger partial charge is 0.165 e. The van der Waals surface area contributed by atoms with Gasteiger partial charge >= 0.3 is 0 Å². The van der Waals surface area contributed by atoms with Gasteiger partial charge in [0.25, 0.3) is 0 Å². The highest BCUT2D eigenvalue weighted by Crippen LogP contribution is 2.37. The highest BCUT2D eigenvalue weighted by molar-refractivity contribution is 6.09. The number of para-hydroxylation sites is 3. The van der Waals surface area contributed by atoms with Crippen molar-refractivity contribution >= 4 is 33.0 Å². The molecule has 0 aliphatic rings. The van der Waals surface area contributed by atoms with Gasteiger partial charge in [-0.25, -0.2) is 15.0 Å². The van der Waals surface area contributed by atoms with Crippen molar-refractivity contribution in [3.05, 3.63) is 212 Å². The number of imidazole rings is 1. The summed E-state index contributed by atoms with van der Waals surface area (Å²) in [6, 6.07) is 72.3. The first-order chi connectivity index (χ1) is 28.8. The third-order valence-corrected chi connectivity index (χ3v) is 11.0. The summed E-state index contributed by atoms with van der Waals surface area (Å²) in [7, 11) is 0. The van der Waals surface area contributed by atoms with Crippen molar-refractivity contribution in [2.45, 2.75) is 0 Å². The molecule has 4 heterocycles. The lowest BCUT2D eigenvalue weighted by Gasteiger charge is -2.12. The highest BCUT2D eigenvalue weighted by atomic mass is 15.1. The van der Waals surface area contributed by atoms with Crippen molar-refractivity contribution < 1.29 is 0 Å². The van der Waals surface area contributed by atoms with E-state index in [1.807, 2.05) is 24.4 Å². The van der Waals surface area contributed by atoms with Crippen molar-refractivity contribution in [1.29, 1.82) is 0 Å². The van der Waals surface area contributed by atoms with Gasteiger partial charge in [-0.05, 0) is 71.3 Å². The van der Waals surface area contributed by atoms with Crippen LogP contribution >= 0.6 is 0 Å². The van der Waals surface area contributed by atoms with Crippen LogP contribution in [0.4, 0.5) is 0 Å². The van der Waals surface area contributed by atoms with Crippen molar-refractivity contribution in [3.8, 4) is 67.5 Å². The van der Waals surface area contributed by atoms with Crippen LogP contribution in [0.3, 0.4) is 0 Å². The minimum Gasteiger partial charge on any atom is -0.309 e. The van der Waals surface area contributed by atoms with Gasteiger partial charge in [0.05, 0.1) is 22.4 Å². The molecule has 0 atom stereocenters. The summed E-state index contributed by atoms with van der Waals surface area (Å²) < 4.78 is 4.54. The molecule has 0 saturated carbocycles. The maximum atomic E-state index is 5.42. The van der Waals surface area contributed by atoms with E-state index in [-0.39, 0.29) is 0 Å². The molecule has 0 aliphatic heterocycles. The molecule has 0 amide bonds. The zero-order chi connectivity index (χ0) is 38.4. The van der Waals surface area contributed by atoms with Gasteiger partial charge in [-0.2, -0.15) is 0 Å². The second-order valence-electron chi connectivity index (χ2n) is 14.5. The van der Waals surface area contributed by atoms with Gasteiger partial charge in [-0.3, -0.25) is 4.57 Å². The van der Waals surface area contributed by atoms with E-state index in [4.69, 9.17) is 15.0 Å². The first-order valence-electron chi connectivity index (χ1n) is 19.5. The molecular formula is C53H35N5. The van der Waals surface area contributed by atoms with Gasteiger partial charge in [0, 0.05) is 50.6 Å². The maximum Gasteiger partial charge on any atom is 0.165 e. The maximum absolute atomic E-state index is 5.42. The molecule has 0 saturated heterocycles. The van der Waals surface area contributed by atoms with Crippen LogP contribution in [0.15, 0.2) is 212 Å². The fourth-order valence-corrected chi connectivity index (χ4v) is 8.26. The highest BCUT2D eigenvalue weighted by Gasteiger charge is 2.20. The Kier molecular flexibility index (Phi) is 8.07. The van der Waals surface area contributed by atoms with E-state index in [0.717, 1.165) is 78.7 Å². The zero-order valence-corrected chi connectivity index (χ0v) is 31.4. The Labute approximate surface area is 335 Å². The Bertz CT molecular complexity index is 3140. The van der Waals surface area contributed by atoms with Crippen molar-refractivity contribution in [3.63, 3.8) is 0 Å². The Morgan fingerprint density at radius 1 is 0.345 bits per heavy atom. The Morgan fingerprint density at radius 2 is 0.879 bits per heavy atom. The minimum atomic E-state index is 0.805. The molecule has 7 aromatic carbocycles. The lowest BCUT2D eigenvalue weighted by atomic mass is 9.99. The van der Waals surface area contributed by atoms with Gasteiger partial charge < -0.3 is 4.57 Å². The Balaban J connectivity index is 1.04. The van der Waals surface area contributed by atoms with Crippen LogP contribution < -0.4 is 0 Å². The molecule has 5 nitrogen and oxygen atoms in total. The molecule has 0 aliphatic carbocycles. The molecule has 11 rings (SSSR count). The van der Waals surface area contributed by atoms with E-state index in [1.165, 1.54) is 21.8 Å². The summed E-state index contributed by atoms with van der Waals surface area (Å²) >= 11 is 0. The van der Waals surface area contributed by atoms with Crippen LogP contribution in [0.5, 0.6) is 0 Å². The average Bonchev–Trinajstić information content (AvgIpc) is 3.87. The van der Waals surface area contributed by atoms with Gasteiger partial charge in [0.1, 0.15) is 11.3 Å². The molecule has 0 spiro atoms. The number of aromatic nitrogens is 5. The number of hydrogen-bond donors (Lipinski definition) is 0. The number of rotatable bonds is 7. The molecule has 0 radical (unpaired) electrons. The van der Waals surface area contributed by atoms with Crippen molar-refractivity contribution in [2.24, 2.45) is 0 Å². The molecule has 5 heteroatoms. The topological polar surface area (TPSA) is 48.5 Å². The summed E-state index contributed by atoms with van der Waals surface area (Å²) in [4.78, 5) is 15.5. The van der Waals surface area contributed by atoms with Crippen LogP contribution in [0.25, 0.3) is 101 Å². The molecule has 0 bridgehead atoms. The van der Waals surface area contributed by atoms with Gasteiger partial charge in [0.15, 0.2) is 5.65 Å². The predicted octanol–water partition coefficient (Wildman–Crippen LogP) is 13.2. The predicted molar refractivity (Wildman–Crippen MR) is 238 cm³/mol. The standard InChI is InChI=1S/C53H35N5/c1-4-15-37(16-5-1)47-34-41(35-48(55-47)38-17-6-2-7-18-38)36-27-29-39(30-28-36)52-56-51-44(31-32-54-53(51)58(52)42-20-8-3-9-21-42)40-19-14-22-43(33-40)57-49-25-12-10-23-45(49)46-24-11-13-26-50(46)57/h1-35H. The van der Waals surface area contributed by atoms with Crippen LogP contribution in [0.2, 0.25) is 0 Å². The van der Waals surface area contributed by atoms with E-state index in [2.05, 4.69) is 197 Å². The first-order valence-corrected chi connectivity index (χ1v) is 19.5. The van der Waals surface area contributed by atoms with Gasteiger partial charge in [-0.1, -0.05) is 152 Å². The molecular weight excluding hydrogens is 707 g/mol.